The van der Waals surface area contributed by atoms with Crippen molar-refractivity contribution in [1.82, 2.24) is 4.98 Å². The fourth-order valence-electron chi connectivity index (χ4n) is 2.76. The average molecular weight is 431 g/mol. The topological polar surface area (TPSA) is 125 Å². The molecule has 3 aromatic rings. The predicted octanol–water partition coefficient (Wildman–Crippen LogP) is 4.07. The first-order chi connectivity index (χ1) is 13.5. The number of halogens is 1. The Morgan fingerprint density at radius 2 is 1.75 bits per heavy atom. The van der Waals surface area contributed by atoms with Crippen LogP contribution in [0.4, 0.5) is 11.4 Å². The molecule has 0 amide bonds. The number of benzene rings is 2. The van der Waals surface area contributed by atoms with E-state index in [-0.39, 0.29) is 23.5 Å². The number of aliphatic imine (C=N–C) groups is 1. The van der Waals surface area contributed by atoms with Crippen molar-refractivity contribution in [2.75, 3.05) is 5.73 Å². The van der Waals surface area contributed by atoms with Crippen LogP contribution in [0.2, 0.25) is 0 Å². The molecule has 0 saturated heterocycles. The zero-order valence-electron chi connectivity index (χ0n) is 14.7. The molecule has 4 N–H and O–H groups in total. The first-order valence-electron chi connectivity index (χ1n) is 8.30. The number of nitriles is 2. The Hall–Kier alpha value is -3.68. The number of pyridine rings is 1. The lowest BCUT2D eigenvalue weighted by Gasteiger charge is -2.15. The maximum atomic E-state index is 9.55. The molecule has 0 spiro atoms. The third kappa shape index (κ3) is 3.85. The number of aromatic nitrogens is 1. The van der Waals surface area contributed by atoms with Crippen LogP contribution >= 0.6 is 15.9 Å². The van der Waals surface area contributed by atoms with Gasteiger partial charge in [0.1, 0.15) is 11.9 Å². The number of nitrogens with zero attached hydrogens (tertiary/aromatic N) is 4. The highest BCUT2D eigenvalue weighted by molar-refractivity contribution is 9.10. The third-order valence-corrected chi connectivity index (χ3v) is 4.58. The lowest BCUT2D eigenvalue weighted by atomic mass is 9.98. The summed E-state index contributed by atoms with van der Waals surface area (Å²) in [7, 11) is 0. The summed E-state index contributed by atoms with van der Waals surface area (Å²) in [6.45, 7) is 0. The summed E-state index contributed by atoms with van der Waals surface area (Å²) >= 11 is 3.38. The molecule has 0 aliphatic rings. The van der Waals surface area contributed by atoms with Gasteiger partial charge in [-0.1, -0.05) is 46.3 Å². The van der Waals surface area contributed by atoms with Crippen molar-refractivity contribution in [3.05, 3.63) is 75.9 Å². The number of nitrogen functional groups attached to an aromatic ring is 1. The second-order valence-corrected chi connectivity index (χ2v) is 6.77. The lowest BCUT2D eigenvalue weighted by Crippen LogP contribution is -2.19. The summed E-state index contributed by atoms with van der Waals surface area (Å²) in [5.41, 5.74) is 15.5. The van der Waals surface area contributed by atoms with E-state index in [0.717, 1.165) is 10.0 Å². The molecule has 136 valence electrons. The van der Waals surface area contributed by atoms with Crippen LogP contribution in [0.15, 0.2) is 64.1 Å². The summed E-state index contributed by atoms with van der Waals surface area (Å²) in [6.07, 6.45) is -0.0308. The molecular weight excluding hydrogens is 416 g/mol. The van der Waals surface area contributed by atoms with Gasteiger partial charge in [-0.15, -0.1) is 0 Å². The monoisotopic (exact) mass is 430 g/mol. The van der Waals surface area contributed by atoms with Gasteiger partial charge in [-0.2, -0.15) is 10.5 Å². The van der Waals surface area contributed by atoms with Crippen LogP contribution in [0, 0.1) is 22.7 Å². The van der Waals surface area contributed by atoms with E-state index < -0.39 is 0 Å². The minimum absolute atomic E-state index is 0.0308. The molecule has 0 aliphatic heterocycles. The van der Waals surface area contributed by atoms with E-state index in [0.29, 0.717) is 22.6 Å². The highest BCUT2D eigenvalue weighted by Crippen LogP contribution is 2.31. The first-order valence-corrected chi connectivity index (χ1v) is 9.09. The van der Waals surface area contributed by atoms with Gasteiger partial charge in [-0.05, 0) is 24.3 Å². The summed E-state index contributed by atoms with van der Waals surface area (Å²) < 4.78 is 0.920. The molecule has 0 radical (unpaired) electrons. The van der Waals surface area contributed by atoms with E-state index in [2.05, 4.69) is 25.9 Å². The van der Waals surface area contributed by atoms with E-state index in [1.807, 2.05) is 54.6 Å². The van der Waals surface area contributed by atoms with Gasteiger partial charge in [0.2, 0.25) is 0 Å². The van der Waals surface area contributed by atoms with Gasteiger partial charge >= 0.3 is 0 Å². The fraction of sp³-hybridized carbons (Fsp3) is 0.0476. The molecule has 0 aliphatic carbocycles. The Morgan fingerprint density at radius 1 is 1.07 bits per heavy atom. The minimum Gasteiger partial charge on any atom is -0.397 e. The van der Waals surface area contributed by atoms with Crippen LogP contribution in [0.3, 0.4) is 0 Å². The Labute approximate surface area is 170 Å². The van der Waals surface area contributed by atoms with Gasteiger partial charge in [0.25, 0.3) is 0 Å². The maximum Gasteiger partial charge on any atom is 0.135 e. The van der Waals surface area contributed by atoms with Crippen molar-refractivity contribution < 1.29 is 0 Å². The van der Waals surface area contributed by atoms with E-state index in [1.165, 1.54) is 0 Å². The molecule has 1 aromatic heterocycles. The maximum absolute atomic E-state index is 9.55. The van der Waals surface area contributed by atoms with Crippen molar-refractivity contribution >= 4 is 33.1 Å². The molecule has 0 atom stereocenters. The zero-order valence-corrected chi connectivity index (χ0v) is 16.3. The van der Waals surface area contributed by atoms with Crippen LogP contribution in [0.1, 0.15) is 16.8 Å². The molecule has 0 saturated carbocycles. The second kappa shape index (κ2) is 8.34. The summed E-state index contributed by atoms with van der Waals surface area (Å²) in [4.78, 5) is 9.00. The molecule has 0 fully saturated rings. The van der Waals surface area contributed by atoms with Gasteiger partial charge in [-0.3, -0.25) is 0 Å². The SMILES string of the molecule is N#CCc1nc(-c2ccccc2)c(C(N)=Nc2ccc(Br)cc2)c(N)c1C#N. The number of nitrogens with two attached hydrogens (primary N) is 2. The average Bonchev–Trinajstić information content (AvgIpc) is 2.70. The number of rotatable bonds is 4. The van der Waals surface area contributed by atoms with E-state index in [4.69, 9.17) is 16.7 Å². The molecular formula is C21H15BrN6. The molecule has 0 unspecified atom stereocenters. The summed E-state index contributed by atoms with van der Waals surface area (Å²) in [5.74, 6) is 0.145. The minimum atomic E-state index is -0.0308. The van der Waals surface area contributed by atoms with Crippen molar-refractivity contribution in [3.8, 4) is 23.4 Å². The van der Waals surface area contributed by atoms with Gasteiger partial charge in [-0.25, -0.2) is 9.98 Å². The third-order valence-electron chi connectivity index (χ3n) is 4.05. The number of amidine groups is 1. The first kappa shape index (κ1) is 19.1. The molecule has 2 aromatic carbocycles. The van der Waals surface area contributed by atoms with Gasteiger partial charge in [0.05, 0.1) is 46.4 Å². The molecule has 6 nitrogen and oxygen atoms in total. The largest absolute Gasteiger partial charge is 0.397 e. The molecule has 28 heavy (non-hydrogen) atoms. The Morgan fingerprint density at radius 3 is 2.36 bits per heavy atom. The standard InChI is InChI=1S/C21H15BrN6/c22-14-6-8-15(9-7-14)27-21(26)18-19(25)16(12-24)17(10-11-23)28-20(18)13-4-2-1-3-5-13/h1-9H,10H2,(H2,25,28)(H2,26,27). The van der Waals surface area contributed by atoms with Crippen molar-refractivity contribution in [1.29, 1.82) is 10.5 Å². The molecule has 3 rings (SSSR count). The van der Waals surface area contributed by atoms with Gasteiger partial charge in [0, 0.05) is 10.0 Å². The fourth-order valence-corrected chi connectivity index (χ4v) is 3.02. The number of hydrogen-bond donors (Lipinski definition) is 2. The van der Waals surface area contributed by atoms with E-state index in [1.54, 1.807) is 12.1 Å². The van der Waals surface area contributed by atoms with Crippen LogP contribution in [0.25, 0.3) is 11.3 Å². The molecule has 7 heteroatoms. The van der Waals surface area contributed by atoms with E-state index >= 15 is 0 Å². The zero-order chi connectivity index (χ0) is 20.1. The van der Waals surface area contributed by atoms with Crippen molar-refractivity contribution in [2.45, 2.75) is 6.42 Å². The highest BCUT2D eigenvalue weighted by Gasteiger charge is 2.21. The number of anilines is 1. The Kier molecular flexibility index (Phi) is 5.69. The van der Waals surface area contributed by atoms with Gasteiger partial charge < -0.3 is 11.5 Å². The summed E-state index contributed by atoms with van der Waals surface area (Å²) in [5, 5.41) is 18.6. The van der Waals surface area contributed by atoms with Crippen LogP contribution < -0.4 is 11.5 Å². The number of hydrogen-bond acceptors (Lipinski definition) is 5. The summed E-state index contributed by atoms with van der Waals surface area (Å²) in [6, 6.07) is 20.7. The quantitative estimate of drug-likeness (QED) is 0.476. The molecule has 1 heterocycles. The smallest absolute Gasteiger partial charge is 0.135 e. The highest BCUT2D eigenvalue weighted by atomic mass is 79.9. The normalized spacial score (nSPS) is 10.9. The van der Waals surface area contributed by atoms with Crippen molar-refractivity contribution in [2.24, 2.45) is 10.7 Å². The Bertz CT molecular complexity index is 1120. The van der Waals surface area contributed by atoms with Gasteiger partial charge in [0.15, 0.2) is 0 Å². The second-order valence-electron chi connectivity index (χ2n) is 5.86. The van der Waals surface area contributed by atoms with Crippen LogP contribution in [-0.2, 0) is 6.42 Å². The predicted molar refractivity (Wildman–Crippen MR) is 113 cm³/mol. The van der Waals surface area contributed by atoms with Crippen LogP contribution in [0.5, 0.6) is 0 Å². The van der Waals surface area contributed by atoms with Crippen molar-refractivity contribution in [3.63, 3.8) is 0 Å². The Balaban J connectivity index is 2.27. The lowest BCUT2D eigenvalue weighted by molar-refractivity contribution is 1.10. The van der Waals surface area contributed by atoms with Crippen LogP contribution in [-0.4, -0.2) is 10.8 Å². The molecule has 0 bridgehead atoms. The van der Waals surface area contributed by atoms with E-state index in [9.17, 15) is 5.26 Å².